The summed E-state index contributed by atoms with van der Waals surface area (Å²) >= 11 is 0. The summed E-state index contributed by atoms with van der Waals surface area (Å²) in [5.74, 6) is 0.0814. The van der Waals surface area contributed by atoms with Gasteiger partial charge in [0, 0.05) is 22.9 Å². The van der Waals surface area contributed by atoms with E-state index < -0.39 is 0 Å². The fourth-order valence-electron chi connectivity index (χ4n) is 2.87. The first kappa shape index (κ1) is 18.9. The lowest BCUT2D eigenvalue weighted by Gasteiger charge is -2.10. The second kappa shape index (κ2) is 7.64. The molecule has 1 N–H and O–H groups in total. The Bertz CT molecular complexity index is 773. The molecule has 0 radical (unpaired) electrons. The molecule has 1 aromatic heterocycles. The molecule has 1 aromatic carbocycles. The van der Waals surface area contributed by atoms with Crippen molar-refractivity contribution in [3.8, 4) is 0 Å². The molecule has 1 atom stereocenters. The Labute approximate surface area is 149 Å². The van der Waals surface area contributed by atoms with Gasteiger partial charge in [-0.2, -0.15) is 5.10 Å². The Morgan fingerprint density at radius 3 is 2.24 bits per heavy atom. The summed E-state index contributed by atoms with van der Waals surface area (Å²) in [5.41, 5.74) is 4.18. The van der Waals surface area contributed by atoms with E-state index in [4.69, 9.17) is 0 Å². The predicted molar refractivity (Wildman–Crippen MR) is 100 cm³/mol. The van der Waals surface area contributed by atoms with E-state index >= 15 is 0 Å². The number of rotatable bonds is 5. The minimum Gasteiger partial charge on any atom is -0.326 e. The molecule has 0 saturated carbocycles. The molecule has 0 saturated heterocycles. The van der Waals surface area contributed by atoms with Crippen molar-refractivity contribution in [3.05, 3.63) is 46.8 Å². The number of carbonyl (C=O) groups excluding carboxylic acids is 2. The first-order valence-corrected chi connectivity index (χ1v) is 8.78. The predicted octanol–water partition coefficient (Wildman–Crippen LogP) is 4.30. The lowest BCUT2D eigenvalue weighted by Crippen LogP contribution is -2.18. The summed E-state index contributed by atoms with van der Waals surface area (Å²) in [6, 6.07) is 6.93. The zero-order chi connectivity index (χ0) is 18.7. The van der Waals surface area contributed by atoms with E-state index in [0.717, 1.165) is 23.4 Å². The highest BCUT2D eigenvalue weighted by atomic mass is 16.2. The maximum atomic E-state index is 12.8. The van der Waals surface area contributed by atoms with Crippen LogP contribution in [-0.2, 0) is 4.79 Å². The average molecular weight is 341 g/mol. The van der Waals surface area contributed by atoms with Gasteiger partial charge in [-0.3, -0.25) is 9.59 Å². The number of amides is 1. The Morgan fingerprint density at radius 2 is 1.72 bits per heavy atom. The molecule has 1 amide bonds. The fraction of sp³-hybridized carbons (Fsp3) is 0.450. The van der Waals surface area contributed by atoms with Gasteiger partial charge in [0.15, 0.2) is 0 Å². The van der Waals surface area contributed by atoms with Gasteiger partial charge in [-0.05, 0) is 56.0 Å². The van der Waals surface area contributed by atoms with Crippen molar-refractivity contribution in [2.45, 2.75) is 53.9 Å². The molecule has 0 aliphatic rings. The largest absolute Gasteiger partial charge is 0.326 e. The highest BCUT2D eigenvalue weighted by Crippen LogP contribution is 2.26. The third-order valence-corrected chi connectivity index (χ3v) is 4.57. The maximum Gasteiger partial charge on any atom is 0.278 e. The molecule has 0 fully saturated rings. The van der Waals surface area contributed by atoms with Gasteiger partial charge in [-0.15, -0.1) is 0 Å². The van der Waals surface area contributed by atoms with Crippen molar-refractivity contribution in [2.75, 3.05) is 5.32 Å². The number of hydrogen-bond acceptors (Lipinski definition) is 3. The van der Waals surface area contributed by atoms with Gasteiger partial charge in [0.2, 0.25) is 5.91 Å². The minimum absolute atomic E-state index is 0.0455. The Morgan fingerprint density at radius 1 is 1.12 bits per heavy atom. The first-order valence-electron chi connectivity index (χ1n) is 8.78. The molecule has 25 heavy (non-hydrogen) atoms. The molecule has 2 aromatic rings. The van der Waals surface area contributed by atoms with Crippen LogP contribution < -0.4 is 5.32 Å². The SMILES string of the molecule is CCC(C)c1c(C)nn(C(=O)c2ccc(NC(=O)C(C)C)cc2)c1C. The van der Waals surface area contributed by atoms with E-state index in [9.17, 15) is 9.59 Å². The second-order valence-corrected chi connectivity index (χ2v) is 6.83. The van der Waals surface area contributed by atoms with Crippen molar-refractivity contribution in [2.24, 2.45) is 5.92 Å². The Kier molecular flexibility index (Phi) is 5.77. The van der Waals surface area contributed by atoms with Crippen molar-refractivity contribution < 1.29 is 9.59 Å². The molecule has 1 unspecified atom stereocenters. The van der Waals surface area contributed by atoms with E-state index in [0.29, 0.717) is 17.2 Å². The van der Waals surface area contributed by atoms with Gasteiger partial charge in [0.25, 0.3) is 5.91 Å². The van der Waals surface area contributed by atoms with E-state index in [1.165, 1.54) is 4.68 Å². The Hall–Kier alpha value is -2.43. The topological polar surface area (TPSA) is 64.0 Å². The van der Waals surface area contributed by atoms with Gasteiger partial charge < -0.3 is 5.32 Å². The van der Waals surface area contributed by atoms with E-state index in [1.54, 1.807) is 24.3 Å². The molecule has 134 valence electrons. The molecule has 5 heteroatoms. The highest BCUT2D eigenvalue weighted by Gasteiger charge is 2.20. The molecular weight excluding hydrogens is 314 g/mol. The van der Waals surface area contributed by atoms with E-state index in [-0.39, 0.29) is 17.7 Å². The number of nitrogens with one attached hydrogen (secondary N) is 1. The summed E-state index contributed by atoms with van der Waals surface area (Å²) in [6.45, 7) is 11.8. The smallest absolute Gasteiger partial charge is 0.278 e. The Balaban J connectivity index is 2.25. The average Bonchev–Trinajstić information content (AvgIpc) is 2.88. The van der Waals surface area contributed by atoms with Crippen LogP contribution in [0.25, 0.3) is 0 Å². The van der Waals surface area contributed by atoms with Gasteiger partial charge >= 0.3 is 0 Å². The lowest BCUT2D eigenvalue weighted by molar-refractivity contribution is -0.118. The fourth-order valence-corrected chi connectivity index (χ4v) is 2.87. The second-order valence-electron chi connectivity index (χ2n) is 6.83. The number of benzene rings is 1. The van der Waals surface area contributed by atoms with Gasteiger partial charge in [0.1, 0.15) is 0 Å². The van der Waals surface area contributed by atoms with Crippen LogP contribution in [0.1, 0.15) is 67.3 Å². The highest BCUT2D eigenvalue weighted by molar-refractivity contribution is 5.97. The third kappa shape index (κ3) is 3.98. The summed E-state index contributed by atoms with van der Waals surface area (Å²) in [5, 5.41) is 7.27. The van der Waals surface area contributed by atoms with Crippen LogP contribution in [0.4, 0.5) is 5.69 Å². The van der Waals surface area contributed by atoms with Crippen LogP contribution in [0.3, 0.4) is 0 Å². The van der Waals surface area contributed by atoms with Gasteiger partial charge in [-0.1, -0.05) is 27.7 Å². The maximum absolute atomic E-state index is 12.8. The molecule has 0 spiro atoms. The molecular formula is C20H27N3O2. The van der Waals surface area contributed by atoms with Crippen LogP contribution in [0.2, 0.25) is 0 Å². The molecule has 5 nitrogen and oxygen atoms in total. The molecule has 1 heterocycles. The molecule has 0 aliphatic carbocycles. The van der Waals surface area contributed by atoms with Crippen molar-refractivity contribution in [1.82, 2.24) is 9.78 Å². The van der Waals surface area contributed by atoms with Crippen LogP contribution in [0.5, 0.6) is 0 Å². The van der Waals surface area contributed by atoms with Crippen LogP contribution in [-0.4, -0.2) is 21.6 Å². The van der Waals surface area contributed by atoms with E-state index in [2.05, 4.69) is 24.3 Å². The molecule has 0 bridgehead atoms. The summed E-state index contributed by atoms with van der Waals surface area (Å²) in [4.78, 5) is 24.5. The standard InChI is InChI=1S/C20H27N3O2/c1-7-13(4)18-14(5)22-23(15(18)6)20(25)16-8-10-17(11-9-16)21-19(24)12(2)3/h8-13H,7H2,1-6H3,(H,21,24). The molecule has 0 aliphatic heterocycles. The van der Waals surface area contributed by atoms with Gasteiger partial charge in [0.05, 0.1) is 5.69 Å². The third-order valence-electron chi connectivity index (χ3n) is 4.57. The first-order chi connectivity index (χ1) is 11.8. The van der Waals surface area contributed by atoms with Crippen LogP contribution >= 0.6 is 0 Å². The minimum atomic E-state index is -0.156. The monoisotopic (exact) mass is 341 g/mol. The number of aromatic nitrogens is 2. The zero-order valence-electron chi connectivity index (χ0n) is 15.9. The molecule has 2 rings (SSSR count). The summed E-state index contributed by atoms with van der Waals surface area (Å²) < 4.78 is 1.48. The number of carbonyl (C=O) groups is 2. The number of hydrogen-bond donors (Lipinski definition) is 1. The zero-order valence-corrected chi connectivity index (χ0v) is 15.9. The van der Waals surface area contributed by atoms with Crippen LogP contribution in [0, 0.1) is 19.8 Å². The van der Waals surface area contributed by atoms with Gasteiger partial charge in [-0.25, -0.2) is 4.68 Å². The van der Waals surface area contributed by atoms with Crippen molar-refractivity contribution in [3.63, 3.8) is 0 Å². The summed E-state index contributed by atoms with van der Waals surface area (Å²) in [6.07, 6.45) is 1.01. The van der Waals surface area contributed by atoms with E-state index in [1.807, 2.05) is 27.7 Å². The number of anilines is 1. The quantitative estimate of drug-likeness (QED) is 0.882. The van der Waals surface area contributed by atoms with Crippen LogP contribution in [0.15, 0.2) is 24.3 Å². The normalized spacial score (nSPS) is 12.3. The van der Waals surface area contributed by atoms with Crippen molar-refractivity contribution in [1.29, 1.82) is 0 Å². The number of nitrogens with zero attached hydrogens (tertiary/aromatic N) is 2. The van der Waals surface area contributed by atoms with Crippen molar-refractivity contribution >= 4 is 17.5 Å². The summed E-state index contributed by atoms with van der Waals surface area (Å²) in [7, 11) is 0. The lowest BCUT2D eigenvalue weighted by atomic mass is 9.97. The number of aryl methyl sites for hydroxylation is 1.